The highest BCUT2D eigenvalue weighted by Gasteiger charge is 2.42. The molecule has 1 atom stereocenters. The minimum Gasteiger partial charge on any atom is -0.396 e. The number of nitrogens with one attached hydrogen (secondary N) is 1. The molecule has 0 heterocycles. The van der Waals surface area contributed by atoms with Gasteiger partial charge in [-0.05, 0) is 42.8 Å². The zero-order valence-corrected chi connectivity index (χ0v) is 13.1. The lowest BCUT2D eigenvalue weighted by molar-refractivity contribution is -0.125. The Morgan fingerprint density at radius 1 is 1.33 bits per heavy atom. The number of hydrogen-bond acceptors (Lipinski definition) is 4. The van der Waals surface area contributed by atoms with Crippen LogP contribution in [-0.2, 0) is 10.3 Å². The first-order chi connectivity index (χ1) is 10.2. The molecule has 0 aliphatic heterocycles. The summed E-state index contributed by atoms with van der Waals surface area (Å²) in [6.07, 6.45) is 3.69. The lowest BCUT2D eigenvalue weighted by Gasteiger charge is -2.32. The van der Waals surface area contributed by atoms with Crippen molar-refractivity contribution in [1.82, 2.24) is 5.32 Å². The van der Waals surface area contributed by atoms with Crippen LogP contribution < -0.4 is 11.1 Å². The third-order valence-corrected chi connectivity index (χ3v) is 4.85. The number of carbonyl (C=O) groups excluding carboxylic acids is 1. The first-order valence-corrected chi connectivity index (χ1v) is 8.66. The molecule has 0 saturated heterocycles. The van der Waals surface area contributed by atoms with Crippen molar-refractivity contribution < 1.29 is 9.90 Å². The number of nitrogens with two attached hydrogens (primary N) is 1. The Kier molecular flexibility index (Phi) is 6.08. The van der Waals surface area contributed by atoms with Gasteiger partial charge >= 0.3 is 0 Å². The fourth-order valence-electron chi connectivity index (χ4n) is 2.43. The normalized spacial score (nSPS) is 17.4. The zero-order chi connectivity index (χ0) is 15.1. The molecule has 1 aliphatic rings. The van der Waals surface area contributed by atoms with Crippen molar-refractivity contribution in [2.24, 2.45) is 5.73 Å². The summed E-state index contributed by atoms with van der Waals surface area (Å²) in [4.78, 5) is 12.2. The molecule has 1 amide bonds. The van der Waals surface area contributed by atoms with Crippen molar-refractivity contribution in [2.75, 3.05) is 18.1 Å². The van der Waals surface area contributed by atoms with Gasteiger partial charge in [0, 0.05) is 12.6 Å². The summed E-state index contributed by atoms with van der Waals surface area (Å²) in [7, 11) is 0. The molecule has 0 radical (unpaired) electrons. The largest absolute Gasteiger partial charge is 0.396 e. The highest BCUT2D eigenvalue weighted by molar-refractivity contribution is 7.99. The van der Waals surface area contributed by atoms with Crippen LogP contribution in [0.15, 0.2) is 30.3 Å². The Morgan fingerprint density at radius 2 is 2.05 bits per heavy atom. The second kappa shape index (κ2) is 7.82. The summed E-state index contributed by atoms with van der Waals surface area (Å²) >= 11 is 1.76. The fourth-order valence-corrected chi connectivity index (χ4v) is 3.42. The van der Waals surface area contributed by atoms with Crippen LogP contribution in [0.1, 0.15) is 31.2 Å². The van der Waals surface area contributed by atoms with Crippen LogP contribution in [0.3, 0.4) is 0 Å². The third-order valence-electron chi connectivity index (χ3n) is 3.78. The van der Waals surface area contributed by atoms with E-state index >= 15 is 0 Å². The van der Waals surface area contributed by atoms with E-state index in [9.17, 15) is 4.79 Å². The minimum absolute atomic E-state index is 0.215. The summed E-state index contributed by atoms with van der Waals surface area (Å²) in [5.41, 5.74) is 5.95. The molecule has 4 N–H and O–H groups in total. The van der Waals surface area contributed by atoms with Crippen LogP contribution >= 0.6 is 11.8 Å². The van der Waals surface area contributed by atoms with Gasteiger partial charge in [-0.1, -0.05) is 30.3 Å². The average molecular weight is 308 g/mol. The molecule has 2 rings (SSSR count). The van der Waals surface area contributed by atoms with Gasteiger partial charge in [-0.25, -0.2) is 0 Å². The van der Waals surface area contributed by atoms with Crippen molar-refractivity contribution >= 4 is 17.7 Å². The van der Waals surface area contributed by atoms with Gasteiger partial charge in [-0.15, -0.1) is 0 Å². The number of hydrogen-bond donors (Lipinski definition) is 3. The molecule has 1 aromatic carbocycles. The molecule has 0 aromatic heterocycles. The van der Waals surface area contributed by atoms with E-state index in [1.54, 1.807) is 11.8 Å². The van der Waals surface area contributed by atoms with Crippen LogP contribution in [0.25, 0.3) is 0 Å². The molecular formula is C16H24N2O2S. The number of amides is 1. The third kappa shape index (κ3) is 4.46. The van der Waals surface area contributed by atoms with Crippen molar-refractivity contribution in [2.45, 2.75) is 37.3 Å². The van der Waals surface area contributed by atoms with E-state index < -0.39 is 5.54 Å². The quantitative estimate of drug-likeness (QED) is 0.574. The molecule has 1 unspecified atom stereocenters. The Balaban J connectivity index is 2.09. The monoisotopic (exact) mass is 308 g/mol. The van der Waals surface area contributed by atoms with E-state index in [1.165, 1.54) is 0 Å². The molecule has 21 heavy (non-hydrogen) atoms. The van der Waals surface area contributed by atoms with Gasteiger partial charge in [0.1, 0.15) is 5.54 Å². The molecule has 0 bridgehead atoms. The number of carbonyl (C=O) groups is 1. The number of aliphatic hydroxyl groups excluding tert-OH is 1. The standard InChI is InChI=1S/C16H24N2O2S/c17-15(20)16(18-14-7-8-14,9-12-21-11-4-10-19)13-5-2-1-3-6-13/h1-3,5-6,14,18-19H,4,7-12H2,(H2,17,20). The van der Waals surface area contributed by atoms with E-state index in [2.05, 4.69) is 5.32 Å². The second-order valence-electron chi connectivity index (χ2n) is 5.49. The summed E-state index contributed by atoms with van der Waals surface area (Å²) in [6, 6.07) is 10.2. The van der Waals surface area contributed by atoms with Crippen molar-refractivity contribution in [1.29, 1.82) is 0 Å². The van der Waals surface area contributed by atoms with E-state index in [0.717, 1.165) is 36.3 Å². The van der Waals surface area contributed by atoms with Crippen LogP contribution in [0.5, 0.6) is 0 Å². The Bertz CT molecular complexity index is 451. The SMILES string of the molecule is NC(=O)C(CCSCCCO)(NC1CC1)c1ccccc1. The van der Waals surface area contributed by atoms with Crippen molar-refractivity contribution in [3.8, 4) is 0 Å². The first kappa shape index (κ1) is 16.3. The van der Waals surface area contributed by atoms with Gasteiger partial charge in [0.05, 0.1) is 0 Å². The molecule has 1 saturated carbocycles. The molecule has 1 fully saturated rings. The van der Waals surface area contributed by atoms with E-state index in [1.807, 2.05) is 30.3 Å². The highest BCUT2D eigenvalue weighted by atomic mass is 32.2. The smallest absolute Gasteiger partial charge is 0.242 e. The van der Waals surface area contributed by atoms with Gasteiger partial charge in [-0.2, -0.15) is 11.8 Å². The number of thioether (sulfide) groups is 1. The predicted octanol–water partition coefficient (Wildman–Crippen LogP) is 1.62. The maximum absolute atomic E-state index is 12.2. The van der Waals surface area contributed by atoms with Crippen LogP contribution in [0.2, 0.25) is 0 Å². The molecule has 4 nitrogen and oxygen atoms in total. The molecular weight excluding hydrogens is 284 g/mol. The van der Waals surface area contributed by atoms with E-state index in [4.69, 9.17) is 10.8 Å². The van der Waals surface area contributed by atoms with Gasteiger partial charge < -0.3 is 10.8 Å². The summed E-state index contributed by atoms with van der Waals surface area (Å²) in [5.74, 6) is 1.45. The summed E-state index contributed by atoms with van der Waals surface area (Å²) in [6.45, 7) is 0.215. The molecule has 0 spiro atoms. The van der Waals surface area contributed by atoms with Crippen molar-refractivity contribution in [3.63, 3.8) is 0 Å². The molecule has 1 aliphatic carbocycles. The minimum atomic E-state index is -0.769. The number of primary amides is 1. The number of benzene rings is 1. The average Bonchev–Trinajstić information content (AvgIpc) is 3.30. The maximum atomic E-state index is 12.2. The van der Waals surface area contributed by atoms with E-state index in [-0.39, 0.29) is 12.5 Å². The highest BCUT2D eigenvalue weighted by Crippen LogP contribution is 2.32. The Morgan fingerprint density at radius 3 is 2.62 bits per heavy atom. The van der Waals surface area contributed by atoms with E-state index in [0.29, 0.717) is 12.5 Å². The summed E-state index contributed by atoms with van der Waals surface area (Å²) in [5, 5.41) is 12.3. The molecule has 5 heteroatoms. The fraction of sp³-hybridized carbons (Fsp3) is 0.562. The van der Waals surface area contributed by atoms with Crippen LogP contribution in [-0.4, -0.2) is 35.2 Å². The van der Waals surface area contributed by atoms with Crippen LogP contribution in [0.4, 0.5) is 0 Å². The zero-order valence-electron chi connectivity index (χ0n) is 12.3. The van der Waals surface area contributed by atoms with Gasteiger partial charge in [-0.3, -0.25) is 10.1 Å². The van der Waals surface area contributed by atoms with Gasteiger partial charge in [0.25, 0.3) is 0 Å². The lowest BCUT2D eigenvalue weighted by atomic mass is 9.86. The molecule has 116 valence electrons. The Labute approximate surface area is 130 Å². The molecule has 1 aromatic rings. The number of aliphatic hydroxyl groups is 1. The lowest BCUT2D eigenvalue weighted by Crippen LogP contribution is -2.54. The number of rotatable bonds is 10. The van der Waals surface area contributed by atoms with Crippen LogP contribution in [0, 0.1) is 0 Å². The topological polar surface area (TPSA) is 75.4 Å². The van der Waals surface area contributed by atoms with Gasteiger partial charge in [0.2, 0.25) is 5.91 Å². The first-order valence-electron chi connectivity index (χ1n) is 7.51. The van der Waals surface area contributed by atoms with Crippen molar-refractivity contribution in [3.05, 3.63) is 35.9 Å². The maximum Gasteiger partial charge on any atom is 0.242 e. The second-order valence-corrected chi connectivity index (χ2v) is 6.72. The summed E-state index contributed by atoms with van der Waals surface area (Å²) < 4.78 is 0. The van der Waals surface area contributed by atoms with Gasteiger partial charge in [0.15, 0.2) is 0 Å². The Hall–Kier alpha value is -1.04. The predicted molar refractivity (Wildman–Crippen MR) is 87.1 cm³/mol.